The first kappa shape index (κ1) is 8.97. The SMILES string of the molecule is CC(C)COCN1CCOC1. The highest BCUT2D eigenvalue weighted by molar-refractivity contribution is 4.53. The smallest absolute Gasteiger partial charge is 0.101 e. The second-order valence-electron chi connectivity index (χ2n) is 3.33. The zero-order valence-electron chi connectivity index (χ0n) is 7.38. The fraction of sp³-hybridized carbons (Fsp3) is 1.00. The van der Waals surface area contributed by atoms with Gasteiger partial charge in [0.15, 0.2) is 0 Å². The maximum Gasteiger partial charge on any atom is 0.101 e. The molecular formula is C8H17NO2. The molecule has 1 rings (SSSR count). The Bertz CT molecular complexity index is 100. The second kappa shape index (κ2) is 4.70. The summed E-state index contributed by atoms with van der Waals surface area (Å²) in [5, 5.41) is 0. The quantitative estimate of drug-likeness (QED) is 0.608. The van der Waals surface area contributed by atoms with Crippen LogP contribution in [0.2, 0.25) is 0 Å². The maximum atomic E-state index is 5.42. The van der Waals surface area contributed by atoms with Crippen molar-refractivity contribution in [1.82, 2.24) is 4.90 Å². The molecule has 0 saturated carbocycles. The third-order valence-corrected chi connectivity index (χ3v) is 1.55. The average Bonchev–Trinajstić information content (AvgIpc) is 2.39. The molecule has 0 radical (unpaired) electrons. The molecule has 0 N–H and O–H groups in total. The summed E-state index contributed by atoms with van der Waals surface area (Å²) in [4.78, 5) is 2.16. The van der Waals surface area contributed by atoms with Gasteiger partial charge in [0.05, 0.1) is 13.2 Å². The minimum absolute atomic E-state index is 0.624. The third kappa shape index (κ3) is 3.70. The van der Waals surface area contributed by atoms with Crippen LogP contribution >= 0.6 is 0 Å². The highest BCUT2D eigenvalue weighted by atomic mass is 16.5. The first-order chi connectivity index (χ1) is 5.29. The molecule has 0 spiro atoms. The van der Waals surface area contributed by atoms with Crippen LogP contribution in [0.3, 0.4) is 0 Å². The van der Waals surface area contributed by atoms with Gasteiger partial charge in [0.25, 0.3) is 0 Å². The van der Waals surface area contributed by atoms with Crippen LogP contribution in [0.25, 0.3) is 0 Å². The Morgan fingerprint density at radius 3 is 2.91 bits per heavy atom. The van der Waals surface area contributed by atoms with Gasteiger partial charge in [-0.1, -0.05) is 13.8 Å². The molecule has 0 aromatic rings. The van der Waals surface area contributed by atoms with E-state index < -0.39 is 0 Å². The van der Waals surface area contributed by atoms with Crippen LogP contribution in [0.4, 0.5) is 0 Å². The van der Waals surface area contributed by atoms with Crippen molar-refractivity contribution < 1.29 is 9.47 Å². The standard InChI is InChI=1S/C8H17NO2/c1-8(2)5-11-7-9-3-4-10-6-9/h8H,3-7H2,1-2H3. The van der Waals surface area contributed by atoms with Crippen molar-refractivity contribution in [2.24, 2.45) is 5.92 Å². The lowest BCUT2D eigenvalue weighted by Gasteiger charge is -2.13. The van der Waals surface area contributed by atoms with Crippen molar-refractivity contribution in [2.75, 3.05) is 33.2 Å². The first-order valence-electron chi connectivity index (χ1n) is 4.17. The molecule has 66 valence electrons. The predicted molar refractivity (Wildman–Crippen MR) is 43.2 cm³/mol. The third-order valence-electron chi connectivity index (χ3n) is 1.55. The van der Waals surface area contributed by atoms with Crippen LogP contribution in [0.15, 0.2) is 0 Å². The Labute approximate surface area is 68.3 Å². The fourth-order valence-electron chi connectivity index (χ4n) is 0.971. The molecule has 1 aliphatic rings. The lowest BCUT2D eigenvalue weighted by Crippen LogP contribution is -2.24. The molecule has 0 aromatic carbocycles. The van der Waals surface area contributed by atoms with Crippen LogP contribution in [-0.4, -0.2) is 38.1 Å². The van der Waals surface area contributed by atoms with Crippen molar-refractivity contribution in [3.05, 3.63) is 0 Å². The summed E-state index contributed by atoms with van der Waals surface area (Å²) in [6.07, 6.45) is 0. The number of ether oxygens (including phenoxy) is 2. The minimum atomic E-state index is 0.624. The van der Waals surface area contributed by atoms with E-state index in [4.69, 9.17) is 9.47 Å². The van der Waals surface area contributed by atoms with E-state index in [1.165, 1.54) is 0 Å². The molecule has 0 atom stereocenters. The summed E-state index contributed by atoms with van der Waals surface area (Å²) in [5.41, 5.74) is 0. The minimum Gasteiger partial charge on any atom is -0.366 e. The van der Waals surface area contributed by atoms with E-state index in [0.717, 1.165) is 33.2 Å². The number of nitrogens with zero attached hydrogens (tertiary/aromatic N) is 1. The van der Waals surface area contributed by atoms with Crippen molar-refractivity contribution in [2.45, 2.75) is 13.8 Å². The monoisotopic (exact) mass is 159 g/mol. The van der Waals surface area contributed by atoms with Crippen LogP contribution in [0.1, 0.15) is 13.8 Å². The van der Waals surface area contributed by atoms with Crippen molar-refractivity contribution in [3.63, 3.8) is 0 Å². The molecule has 1 aliphatic heterocycles. The van der Waals surface area contributed by atoms with E-state index in [1.54, 1.807) is 0 Å². The molecule has 1 saturated heterocycles. The van der Waals surface area contributed by atoms with Gasteiger partial charge in [-0.05, 0) is 5.92 Å². The molecule has 0 unspecified atom stereocenters. The topological polar surface area (TPSA) is 21.7 Å². The van der Waals surface area contributed by atoms with E-state index in [0.29, 0.717) is 5.92 Å². The van der Waals surface area contributed by atoms with Gasteiger partial charge >= 0.3 is 0 Å². The van der Waals surface area contributed by atoms with Crippen molar-refractivity contribution in [1.29, 1.82) is 0 Å². The Hall–Kier alpha value is -0.120. The molecule has 0 aliphatic carbocycles. The predicted octanol–water partition coefficient (Wildman–Crippen LogP) is 0.906. The first-order valence-corrected chi connectivity index (χ1v) is 4.17. The van der Waals surface area contributed by atoms with E-state index in [1.807, 2.05) is 0 Å². The Morgan fingerprint density at radius 2 is 2.36 bits per heavy atom. The Balaban J connectivity index is 1.94. The zero-order valence-corrected chi connectivity index (χ0v) is 7.38. The number of hydrogen-bond donors (Lipinski definition) is 0. The summed E-state index contributed by atoms with van der Waals surface area (Å²) >= 11 is 0. The lowest BCUT2D eigenvalue weighted by atomic mass is 10.2. The van der Waals surface area contributed by atoms with Crippen molar-refractivity contribution in [3.8, 4) is 0 Å². The van der Waals surface area contributed by atoms with Crippen molar-refractivity contribution >= 4 is 0 Å². The zero-order chi connectivity index (χ0) is 8.10. The van der Waals surface area contributed by atoms with Gasteiger partial charge in [0.1, 0.15) is 13.5 Å². The van der Waals surface area contributed by atoms with Crippen LogP contribution in [0, 0.1) is 5.92 Å². The summed E-state index contributed by atoms with van der Waals surface area (Å²) in [5.74, 6) is 0.624. The molecule has 1 fully saturated rings. The normalized spacial score (nSPS) is 19.9. The van der Waals surface area contributed by atoms with Crippen LogP contribution in [0.5, 0.6) is 0 Å². The summed E-state index contributed by atoms with van der Waals surface area (Å²) in [6.45, 7) is 8.47. The van der Waals surface area contributed by atoms with E-state index in [-0.39, 0.29) is 0 Å². The summed E-state index contributed by atoms with van der Waals surface area (Å²) in [7, 11) is 0. The molecule has 3 nitrogen and oxygen atoms in total. The Kier molecular flexibility index (Phi) is 3.83. The molecule has 1 heterocycles. The van der Waals surface area contributed by atoms with E-state index in [2.05, 4.69) is 18.7 Å². The number of hydrogen-bond acceptors (Lipinski definition) is 3. The summed E-state index contributed by atoms with van der Waals surface area (Å²) < 4.78 is 10.6. The Morgan fingerprint density at radius 1 is 1.55 bits per heavy atom. The second-order valence-corrected chi connectivity index (χ2v) is 3.33. The maximum absolute atomic E-state index is 5.42. The fourth-order valence-corrected chi connectivity index (χ4v) is 0.971. The summed E-state index contributed by atoms with van der Waals surface area (Å²) in [6, 6.07) is 0. The van der Waals surface area contributed by atoms with Gasteiger partial charge in [0.2, 0.25) is 0 Å². The van der Waals surface area contributed by atoms with Gasteiger partial charge < -0.3 is 9.47 Å². The van der Waals surface area contributed by atoms with Gasteiger partial charge in [0, 0.05) is 6.54 Å². The van der Waals surface area contributed by atoms with E-state index in [9.17, 15) is 0 Å². The van der Waals surface area contributed by atoms with Gasteiger partial charge in [-0.2, -0.15) is 0 Å². The largest absolute Gasteiger partial charge is 0.366 e. The molecule has 11 heavy (non-hydrogen) atoms. The molecular weight excluding hydrogens is 142 g/mol. The van der Waals surface area contributed by atoms with Gasteiger partial charge in [-0.3, -0.25) is 4.90 Å². The van der Waals surface area contributed by atoms with Crippen LogP contribution < -0.4 is 0 Å². The van der Waals surface area contributed by atoms with Gasteiger partial charge in [-0.15, -0.1) is 0 Å². The highest BCUT2D eigenvalue weighted by Gasteiger charge is 2.10. The van der Waals surface area contributed by atoms with E-state index >= 15 is 0 Å². The lowest BCUT2D eigenvalue weighted by molar-refractivity contribution is 0.00603. The molecule has 0 aromatic heterocycles. The molecule has 3 heteroatoms. The molecule has 0 amide bonds. The molecule has 0 bridgehead atoms. The number of rotatable bonds is 4. The highest BCUT2D eigenvalue weighted by Crippen LogP contribution is 1.99. The average molecular weight is 159 g/mol. The van der Waals surface area contributed by atoms with Crippen LogP contribution in [-0.2, 0) is 9.47 Å². The van der Waals surface area contributed by atoms with Gasteiger partial charge in [-0.25, -0.2) is 0 Å².